The zero-order valence-corrected chi connectivity index (χ0v) is 19.9. The maximum atomic E-state index is 13.9. The summed E-state index contributed by atoms with van der Waals surface area (Å²) in [4.78, 5) is 12.2. The molecule has 0 saturated heterocycles. The van der Waals surface area contributed by atoms with Crippen molar-refractivity contribution in [1.29, 1.82) is 0 Å². The highest BCUT2D eigenvalue weighted by atomic mass is 32.2. The number of anilines is 1. The third kappa shape index (κ3) is 4.65. The van der Waals surface area contributed by atoms with Gasteiger partial charge in [-0.05, 0) is 49.4 Å². The van der Waals surface area contributed by atoms with Gasteiger partial charge >= 0.3 is 5.97 Å². The molecule has 3 aromatic carbocycles. The molecule has 1 heterocycles. The second-order valence-electron chi connectivity index (χ2n) is 7.62. The van der Waals surface area contributed by atoms with Gasteiger partial charge in [-0.2, -0.15) is 0 Å². The van der Waals surface area contributed by atoms with Crippen LogP contribution in [0.3, 0.4) is 0 Å². The van der Waals surface area contributed by atoms with Crippen molar-refractivity contribution in [3.05, 3.63) is 72.0 Å². The van der Waals surface area contributed by atoms with Crippen molar-refractivity contribution in [1.82, 2.24) is 0 Å². The second kappa shape index (κ2) is 9.30. The van der Waals surface area contributed by atoms with E-state index in [1.807, 2.05) is 0 Å². The summed E-state index contributed by atoms with van der Waals surface area (Å²) in [6, 6.07) is 15.2. The first-order valence-electron chi connectivity index (χ1n) is 10.5. The molecule has 0 fully saturated rings. The van der Waals surface area contributed by atoms with Crippen molar-refractivity contribution in [3.8, 4) is 28.6 Å². The van der Waals surface area contributed by atoms with Crippen LogP contribution in [0.2, 0.25) is 0 Å². The highest BCUT2D eigenvalue weighted by molar-refractivity contribution is 7.92. The summed E-state index contributed by atoms with van der Waals surface area (Å²) in [5.41, 5.74) is 0.753. The number of carbonyl (C=O) groups is 1. The van der Waals surface area contributed by atoms with Gasteiger partial charge in [-0.25, -0.2) is 17.6 Å². The van der Waals surface area contributed by atoms with Crippen molar-refractivity contribution >= 4 is 32.6 Å². The Labute approximate surface area is 201 Å². The van der Waals surface area contributed by atoms with Crippen molar-refractivity contribution in [2.75, 3.05) is 24.2 Å². The Bertz CT molecular complexity index is 1510. The maximum absolute atomic E-state index is 13.9. The molecule has 1 aromatic heterocycles. The molecule has 182 valence electrons. The van der Waals surface area contributed by atoms with E-state index in [1.165, 1.54) is 31.4 Å². The standard InChI is InChI=1S/C25H22FNO7S/c1-4-27(35(3,30)31)19-14-21-17(13-22(19)32-2)23(25(28)29)24(34-21)15-9-11-16(12-10-15)33-20-8-6-5-7-18(20)26/h5-14H,4H2,1-3H3,(H,28,29). The van der Waals surface area contributed by atoms with Crippen molar-refractivity contribution in [2.45, 2.75) is 6.92 Å². The fraction of sp³-hybridized carbons (Fsp3) is 0.160. The van der Waals surface area contributed by atoms with Crippen LogP contribution in [0.4, 0.5) is 10.1 Å². The van der Waals surface area contributed by atoms with Crippen molar-refractivity contribution < 1.29 is 36.6 Å². The Balaban J connectivity index is 1.81. The number of para-hydroxylation sites is 1. The third-order valence-electron chi connectivity index (χ3n) is 5.34. The van der Waals surface area contributed by atoms with Gasteiger partial charge in [-0.1, -0.05) is 12.1 Å². The number of nitrogens with zero attached hydrogens (tertiary/aromatic N) is 1. The fourth-order valence-corrected chi connectivity index (χ4v) is 4.77. The predicted molar refractivity (Wildman–Crippen MR) is 129 cm³/mol. The molecule has 0 atom stereocenters. The van der Waals surface area contributed by atoms with E-state index in [0.29, 0.717) is 11.3 Å². The monoisotopic (exact) mass is 499 g/mol. The molecule has 0 aliphatic rings. The van der Waals surface area contributed by atoms with Crippen LogP contribution in [-0.4, -0.2) is 39.4 Å². The summed E-state index contributed by atoms with van der Waals surface area (Å²) in [7, 11) is -2.25. The van der Waals surface area contributed by atoms with Gasteiger partial charge in [0.2, 0.25) is 10.0 Å². The topological polar surface area (TPSA) is 106 Å². The van der Waals surface area contributed by atoms with E-state index in [1.54, 1.807) is 43.3 Å². The number of aromatic carboxylic acids is 1. The summed E-state index contributed by atoms with van der Waals surface area (Å²) in [5, 5.41) is 10.2. The van der Waals surface area contributed by atoms with Crippen molar-refractivity contribution in [2.24, 2.45) is 0 Å². The molecule has 0 aliphatic carbocycles. The lowest BCUT2D eigenvalue weighted by molar-refractivity contribution is 0.0699. The van der Waals surface area contributed by atoms with E-state index in [0.717, 1.165) is 10.6 Å². The van der Waals surface area contributed by atoms with Crippen LogP contribution >= 0.6 is 0 Å². The molecular weight excluding hydrogens is 477 g/mol. The minimum atomic E-state index is -3.62. The minimum absolute atomic E-state index is 0.0567. The second-order valence-corrected chi connectivity index (χ2v) is 9.52. The minimum Gasteiger partial charge on any atom is -0.495 e. The zero-order chi connectivity index (χ0) is 25.3. The molecule has 0 bridgehead atoms. The van der Waals surface area contributed by atoms with Crippen LogP contribution in [0.25, 0.3) is 22.3 Å². The molecule has 35 heavy (non-hydrogen) atoms. The third-order valence-corrected chi connectivity index (χ3v) is 6.60. The van der Waals surface area contributed by atoms with Crippen LogP contribution in [0.5, 0.6) is 17.2 Å². The van der Waals surface area contributed by atoms with Crippen LogP contribution in [0.1, 0.15) is 17.3 Å². The smallest absolute Gasteiger partial charge is 0.340 e. The average Bonchev–Trinajstić information content (AvgIpc) is 3.18. The maximum Gasteiger partial charge on any atom is 0.340 e. The fourth-order valence-electron chi connectivity index (χ4n) is 3.80. The Morgan fingerprint density at radius 2 is 1.77 bits per heavy atom. The van der Waals surface area contributed by atoms with Crippen LogP contribution < -0.4 is 13.8 Å². The number of ether oxygens (including phenoxy) is 2. The Morgan fingerprint density at radius 1 is 1.09 bits per heavy atom. The van der Waals surface area contributed by atoms with E-state index in [4.69, 9.17) is 13.9 Å². The molecular formula is C25H22FNO7S. The molecule has 4 rings (SSSR count). The number of rotatable bonds is 8. The van der Waals surface area contributed by atoms with E-state index in [-0.39, 0.29) is 46.0 Å². The Kier molecular flexibility index (Phi) is 6.40. The predicted octanol–water partition coefficient (Wildman–Crippen LogP) is 5.52. The van der Waals surface area contributed by atoms with Gasteiger partial charge in [-0.3, -0.25) is 4.31 Å². The lowest BCUT2D eigenvalue weighted by Gasteiger charge is -2.22. The summed E-state index contributed by atoms with van der Waals surface area (Å²) < 4.78 is 56.4. The van der Waals surface area contributed by atoms with Crippen LogP contribution in [0.15, 0.2) is 65.1 Å². The number of hydrogen-bond donors (Lipinski definition) is 1. The van der Waals surface area contributed by atoms with Gasteiger partial charge in [0.05, 0.1) is 19.1 Å². The lowest BCUT2D eigenvalue weighted by Crippen LogP contribution is -2.29. The van der Waals surface area contributed by atoms with E-state index in [2.05, 4.69) is 0 Å². The quantitative estimate of drug-likeness (QED) is 0.340. The number of furan rings is 1. The highest BCUT2D eigenvalue weighted by Gasteiger charge is 2.26. The first-order valence-corrected chi connectivity index (χ1v) is 12.4. The van der Waals surface area contributed by atoms with E-state index in [9.17, 15) is 22.7 Å². The number of methoxy groups -OCH3 is 1. The SMILES string of the molecule is CCN(c1cc2oc(-c3ccc(Oc4ccccc4F)cc3)c(C(=O)O)c2cc1OC)S(C)(=O)=O. The molecule has 0 radical (unpaired) electrons. The van der Waals surface area contributed by atoms with Gasteiger partial charge in [0.1, 0.15) is 28.4 Å². The number of sulfonamides is 1. The molecule has 0 amide bonds. The number of benzene rings is 3. The molecule has 0 saturated carbocycles. The number of halogens is 1. The Hall–Kier alpha value is -4.05. The molecule has 4 aromatic rings. The van der Waals surface area contributed by atoms with Crippen LogP contribution in [-0.2, 0) is 10.0 Å². The number of fused-ring (bicyclic) bond motifs is 1. The van der Waals surface area contributed by atoms with Gasteiger partial charge in [0.15, 0.2) is 11.6 Å². The molecule has 8 nitrogen and oxygen atoms in total. The average molecular weight is 500 g/mol. The molecule has 10 heteroatoms. The Morgan fingerprint density at radius 3 is 2.34 bits per heavy atom. The number of hydrogen-bond acceptors (Lipinski definition) is 6. The van der Waals surface area contributed by atoms with E-state index < -0.39 is 21.8 Å². The normalized spacial score (nSPS) is 11.4. The van der Waals surface area contributed by atoms with Gasteiger partial charge in [0.25, 0.3) is 0 Å². The first kappa shape index (κ1) is 24.1. The molecule has 0 unspecified atom stereocenters. The van der Waals surface area contributed by atoms with Gasteiger partial charge in [-0.15, -0.1) is 0 Å². The summed E-state index contributed by atoms with van der Waals surface area (Å²) in [6.45, 7) is 1.81. The van der Waals surface area contributed by atoms with Gasteiger partial charge < -0.3 is 19.0 Å². The highest BCUT2D eigenvalue weighted by Crippen LogP contribution is 2.41. The summed E-state index contributed by atoms with van der Waals surface area (Å²) in [6.07, 6.45) is 1.07. The molecule has 0 spiro atoms. The molecule has 0 aliphatic heterocycles. The summed E-state index contributed by atoms with van der Waals surface area (Å²) >= 11 is 0. The van der Waals surface area contributed by atoms with Crippen molar-refractivity contribution in [3.63, 3.8) is 0 Å². The molecule has 1 N–H and O–H groups in total. The van der Waals surface area contributed by atoms with E-state index >= 15 is 0 Å². The largest absolute Gasteiger partial charge is 0.495 e. The number of carboxylic acid groups (broad SMARTS) is 1. The van der Waals surface area contributed by atoms with Crippen LogP contribution in [0, 0.1) is 5.82 Å². The van der Waals surface area contributed by atoms with Gasteiger partial charge in [0, 0.05) is 23.6 Å². The summed E-state index contributed by atoms with van der Waals surface area (Å²) in [5.74, 6) is -1.07. The number of carboxylic acids is 1. The zero-order valence-electron chi connectivity index (χ0n) is 19.1. The lowest BCUT2D eigenvalue weighted by atomic mass is 10.0. The first-order chi connectivity index (χ1) is 16.6.